The van der Waals surface area contributed by atoms with Crippen molar-refractivity contribution in [2.75, 3.05) is 26.0 Å². The summed E-state index contributed by atoms with van der Waals surface area (Å²) in [6.07, 6.45) is 4.62. The number of sulfonamides is 1. The van der Waals surface area contributed by atoms with E-state index in [1.54, 1.807) is 7.05 Å². The Labute approximate surface area is 92.3 Å². The van der Waals surface area contributed by atoms with Gasteiger partial charge in [0.2, 0.25) is 10.0 Å². The molecule has 0 heterocycles. The first-order valence-corrected chi connectivity index (χ1v) is 7.22. The molecule has 0 radical (unpaired) electrons. The predicted molar refractivity (Wildman–Crippen MR) is 60.1 cm³/mol. The topological polar surface area (TPSA) is 57.6 Å². The highest BCUT2D eigenvalue weighted by molar-refractivity contribution is 7.89. The van der Waals surface area contributed by atoms with Crippen molar-refractivity contribution in [3.8, 4) is 0 Å². The van der Waals surface area contributed by atoms with Crippen molar-refractivity contribution < 1.29 is 13.5 Å². The Morgan fingerprint density at radius 2 is 1.93 bits per heavy atom. The molecule has 0 aromatic carbocycles. The standard InChI is InChI=1S/C10H21NO3S/c1-11(7-3-2-4-8-12)15(13,14)9-10-5-6-10/h10,12H,2-9H2,1H3. The summed E-state index contributed by atoms with van der Waals surface area (Å²) < 4.78 is 24.9. The monoisotopic (exact) mass is 235 g/mol. The van der Waals surface area contributed by atoms with Crippen molar-refractivity contribution in [1.82, 2.24) is 4.31 Å². The smallest absolute Gasteiger partial charge is 0.214 e. The van der Waals surface area contributed by atoms with Gasteiger partial charge < -0.3 is 5.11 Å². The molecule has 1 aliphatic carbocycles. The van der Waals surface area contributed by atoms with Crippen LogP contribution < -0.4 is 0 Å². The second-order valence-electron chi connectivity index (χ2n) is 4.33. The Kier molecular flexibility index (Phi) is 5.02. The number of nitrogens with zero attached hydrogens (tertiary/aromatic N) is 1. The lowest BCUT2D eigenvalue weighted by Gasteiger charge is -2.16. The average Bonchev–Trinajstić information content (AvgIpc) is 2.95. The zero-order chi connectivity index (χ0) is 11.3. The van der Waals surface area contributed by atoms with Gasteiger partial charge in [0.15, 0.2) is 0 Å². The summed E-state index contributed by atoms with van der Waals surface area (Å²) in [5.74, 6) is 0.735. The SMILES string of the molecule is CN(CCCCCO)S(=O)(=O)CC1CC1. The summed E-state index contributed by atoms with van der Waals surface area (Å²) in [6, 6.07) is 0. The fourth-order valence-corrected chi connectivity index (χ4v) is 3.06. The molecule has 0 amide bonds. The number of hydrogen-bond acceptors (Lipinski definition) is 3. The van der Waals surface area contributed by atoms with E-state index in [4.69, 9.17) is 5.11 Å². The van der Waals surface area contributed by atoms with Crippen LogP contribution in [0.5, 0.6) is 0 Å². The summed E-state index contributed by atoms with van der Waals surface area (Å²) in [6.45, 7) is 0.771. The summed E-state index contributed by atoms with van der Waals surface area (Å²) in [7, 11) is -1.36. The van der Waals surface area contributed by atoms with Crippen LogP contribution in [0, 0.1) is 5.92 Å². The minimum atomic E-state index is -3.01. The van der Waals surface area contributed by atoms with Crippen LogP contribution >= 0.6 is 0 Å². The number of aliphatic hydroxyl groups excluding tert-OH is 1. The molecule has 0 unspecified atom stereocenters. The van der Waals surface area contributed by atoms with Crippen LogP contribution in [0.25, 0.3) is 0 Å². The number of hydrogen-bond donors (Lipinski definition) is 1. The average molecular weight is 235 g/mol. The predicted octanol–water partition coefficient (Wildman–Crippen LogP) is 0.821. The molecule has 1 rings (SSSR count). The summed E-state index contributed by atoms with van der Waals surface area (Å²) in [5.41, 5.74) is 0. The van der Waals surface area contributed by atoms with Gasteiger partial charge in [-0.15, -0.1) is 0 Å². The molecule has 0 saturated heterocycles. The van der Waals surface area contributed by atoms with Crippen LogP contribution in [0.3, 0.4) is 0 Å². The Morgan fingerprint density at radius 1 is 1.27 bits per heavy atom. The quantitative estimate of drug-likeness (QED) is 0.634. The Balaban J connectivity index is 2.21. The molecule has 90 valence electrons. The molecule has 0 spiro atoms. The van der Waals surface area contributed by atoms with Crippen molar-refractivity contribution in [2.45, 2.75) is 32.1 Å². The number of rotatable bonds is 8. The van der Waals surface area contributed by atoms with Crippen LogP contribution in [0.4, 0.5) is 0 Å². The van der Waals surface area contributed by atoms with Gasteiger partial charge in [-0.1, -0.05) is 0 Å². The summed E-state index contributed by atoms with van der Waals surface area (Å²) in [4.78, 5) is 0. The van der Waals surface area contributed by atoms with E-state index < -0.39 is 10.0 Å². The van der Waals surface area contributed by atoms with E-state index in [2.05, 4.69) is 0 Å². The molecule has 0 aromatic heterocycles. The van der Waals surface area contributed by atoms with Gasteiger partial charge in [0, 0.05) is 20.2 Å². The lowest BCUT2D eigenvalue weighted by atomic mass is 10.2. The lowest BCUT2D eigenvalue weighted by Crippen LogP contribution is -2.30. The zero-order valence-corrected chi connectivity index (χ0v) is 10.2. The minimum absolute atomic E-state index is 0.193. The van der Waals surface area contributed by atoms with Gasteiger partial charge in [0.1, 0.15) is 0 Å². The maximum Gasteiger partial charge on any atom is 0.214 e. The molecule has 5 heteroatoms. The minimum Gasteiger partial charge on any atom is -0.396 e. The first-order valence-electron chi connectivity index (χ1n) is 5.61. The molecule has 4 nitrogen and oxygen atoms in total. The van der Waals surface area contributed by atoms with E-state index in [9.17, 15) is 8.42 Å². The highest BCUT2D eigenvalue weighted by Gasteiger charge is 2.30. The van der Waals surface area contributed by atoms with Crippen LogP contribution in [-0.4, -0.2) is 43.8 Å². The van der Waals surface area contributed by atoms with E-state index in [-0.39, 0.29) is 6.61 Å². The van der Waals surface area contributed by atoms with Crippen molar-refractivity contribution in [2.24, 2.45) is 5.92 Å². The molecular weight excluding hydrogens is 214 g/mol. The molecule has 0 atom stereocenters. The van der Waals surface area contributed by atoms with Crippen molar-refractivity contribution in [3.05, 3.63) is 0 Å². The molecular formula is C10H21NO3S. The maximum atomic E-state index is 11.7. The first kappa shape index (κ1) is 12.9. The molecule has 1 aliphatic rings. The van der Waals surface area contributed by atoms with E-state index >= 15 is 0 Å². The first-order chi connectivity index (χ1) is 7.06. The van der Waals surface area contributed by atoms with Gasteiger partial charge in [-0.05, 0) is 38.0 Å². The molecule has 0 aromatic rings. The third kappa shape index (κ3) is 4.95. The molecule has 0 bridgehead atoms. The summed E-state index contributed by atoms with van der Waals surface area (Å²) >= 11 is 0. The van der Waals surface area contributed by atoms with E-state index in [0.717, 1.165) is 32.1 Å². The van der Waals surface area contributed by atoms with Crippen LogP contribution in [0.15, 0.2) is 0 Å². The second kappa shape index (κ2) is 5.82. The highest BCUT2D eigenvalue weighted by atomic mass is 32.2. The van der Waals surface area contributed by atoms with E-state index in [0.29, 0.717) is 18.2 Å². The molecule has 1 saturated carbocycles. The van der Waals surface area contributed by atoms with Crippen molar-refractivity contribution >= 4 is 10.0 Å². The van der Waals surface area contributed by atoms with Crippen LogP contribution in [0.1, 0.15) is 32.1 Å². The van der Waals surface area contributed by atoms with Gasteiger partial charge in [0.05, 0.1) is 5.75 Å². The van der Waals surface area contributed by atoms with Crippen molar-refractivity contribution in [3.63, 3.8) is 0 Å². The van der Waals surface area contributed by atoms with Crippen LogP contribution in [-0.2, 0) is 10.0 Å². The van der Waals surface area contributed by atoms with Crippen LogP contribution in [0.2, 0.25) is 0 Å². The van der Waals surface area contributed by atoms with Crippen molar-refractivity contribution in [1.29, 1.82) is 0 Å². The third-order valence-corrected chi connectivity index (χ3v) is 4.77. The highest BCUT2D eigenvalue weighted by Crippen LogP contribution is 2.30. The number of aliphatic hydroxyl groups is 1. The number of unbranched alkanes of at least 4 members (excludes halogenated alkanes) is 2. The molecule has 0 aliphatic heterocycles. The second-order valence-corrected chi connectivity index (χ2v) is 6.45. The third-order valence-electron chi connectivity index (χ3n) is 2.75. The van der Waals surface area contributed by atoms with E-state index in [1.807, 2.05) is 0 Å². The van der Waals surface area contributed by atoms with Gasteiger partial charge in [-0.2, -0.15) is 0 Å². The van der Waals surface area contributed by atoms with E-state index in [1.165, 1.54) is 4.31 Å². The molecule has 15 heavy (non-hydrogen) atoms. The zero-order valence-electron chi connectivity index (χ0n) is 9.35. The van der Waals surface area contributed by atoms with Gasteiger partial charge in [-0.25, -0.2) is 12.7 Å². The van der Waals surface area contributed by atoms with Gasteiger partial charge >= 0.3 is 0 Å². The Bertz CT molecular complexity index is 272. The van der Waals surface area contributed by atoms with Gasteiger partial charge in [-0.3, -0.25) is 0 Å². The van der Waals surface area contributed by atoms with Gasteiger partial charge in [0.25, 0.3) is 0 Å². The fraction of sp³-hybridized carbons (Fsp3) is 1.00. The lowest BCUT2D eigenvalue weighted by molar-refractivity contribution is 0.281. The normalized spacial score (nSPS) is 17.3. The fourth-order valence-electron chi connectivity index (χ4n) is 1.47. The molecule has 1 fully saturated rings. The Morgan fingerprint density at radius 3 is 2.47 bits per heavy atom. The molecule has 1 N–H and O–H groups in total. The maximum absolute atomic E-state index is 11.7. The largest absolute Gasteiger partial charge is 0.396 e. The summed E-state index contributed by atoms with van der Waals surface area (Å²) in [5, 5.41) is 8.59. The Hall–Kier alpha value is -0.130.